The highest BCUT2D eigenvalue weighted by atomic mass is 35.5. The number of ether oxygens (including phenoxy) is 2. The standard InChI is InChI=1S/C22H19Cl2NO4S/c1-3-9-25-21(26)20(30-22(25)27)12-14-6-8-18(19(11-14)28-4-2)29-13-15-5-7-16(23)17(24)10-15/h3,5-8,10-12H,1,4,9,13H2,2H3/b20-12+. The lowest BCUT2D eigenvalue weighted by Crippen LogP contribution is -2.27. The lowest BCUT2D eigenvalue weighted by Gasteiger charge is -2.13. The second-order valence-electron chi connectivity index (χ2n) is 6.26. The minimum Gasteiger partial charge on any atom is -0.490 e. The first-order valence-corrected chi connectivity index (χ1v) is 10.7. The van der Waals surface area contributed by atoms with Crippen LogP contribution in [0.1, 0.15) is 18.1 Å². The van der Waals surface area contributed by atoms with E-state index in [-0.39, 0.29) is 24.3 Å². The molecule has 0 N–H and O–H groups in total. The smallest absolute Gasteiger partial charge is 0.293 e. The number of halogens is 2. The minimum atomic E-state index is -0.331. The van der Waals surface area contributed by atoms with Gasteiger partial charge in [0.25, 0.3) is 11.1 Å². The van der Waals surface area contributed by atoms with Crippen LogP contribution in [0.5, 0.6) is 11.5 Å². The molecule has 5 nitrogen and oxygen atoms in total. The average Bonchev–Trinajstić information content (AvgIpc) is 2.98. The van der Waals surface area contributed by atoms with E-state index in [0.29, 0.717) is 33.1 Å². The Morgan fingerprint density at radius 1 is 1.07 bits per heavy atom. The highest BCUT2D eigenvalue weighted by molar-refractivity contribution is 8.18. The zero-order chi connectivity index (χ0) is 21.7. The zero-order valence-electron chi connectivity index (χ0n) is 16.2. The third kappa shape index (κ3) is 5.19. The molecular weight excluding hydrogens is 445 g/mol. The highest BCUT2D eigenvalue weighted by Crippen LogP contribution is 2.35. The molecule has 2 amide bonds. The molecule has 1 saturated heterocycles. The summed E-state index contributed by atoms with van der Waals surface area (Å²) in [5.41, 5.74) is 1.59. The molecule has 0 atom stereocenters. The Hall–Kier alpha value is -2.41. The predicted molar refractivity (Wildman–Crippen MR) is 121 cm³/mol. The van der Waals surface area contributed by atoms with Crippen molar-refractivity contribution in [2.24, 2.45) is 0 Å². The van der Waals surface area contributed by atoms with Crippen LogP contribution in [0.15, 0.2) is 54.0 Å². The monoisotopic (exact) mass is 463 g/mol. The second-order valence-corrected chi connectivity index (χ2v) is 8.06. The predicted octanol–water partition coefficient (Wildman–Crippen LogP) is 6.19. The van der Waals surface area contributed by atoms with Crippen LogP contribution < -0.4 is 9.47 Å². The number of carbonyl (C=O) groups excluding carboxylic acids is 2. The molecule has 8 heteroatoms. The van der Waals surface area contributed by atoms with Crippen molar-refractivity contribution in [3.05, 3.63) is 75.1 Å². The number of thioether (sulfide) groups is 1. The van der Waals surface area contributed by atoms with Crippen molar-refractivity contribution in [1.82, 2.24) is 4.90 Å². The van der Waals surface area contributed by atoms with Gasteiger partial charge in [-0.3, -0.25) is 14.5 Å². The maximum atomic E-state index is 12.4. The van der Waals surface area contributed by atoms with Gasteiger partial charge in [-0.05, 0) is 60.2 Å². The third-order valence-electron chi connectivity index (χ3n) is 4.13. The van der Waals surface area contributed by atoms with Crippen molar-refractivity contribution in [3.63, 3.8) is 0 Å². The molecule has 2 aromatic carbocycles. The number of rotatable bonds is 8. The van der Waals surface area contributed by atoms with Crippen LogP contribution >= 0.6 is 35.0 Å². The fourth-order valence-corrected chi connectivity index (χ4v) is 3.90. The van der Waals surface area contributed by atoms with Crippen LogP contribution in [0, 0.1) is 0 Å². The van der Waals surface area contributed by atoms with Gasteiger partial charge in [-0.1, -0.05) is 41.4 Å². The van der Waals surface area contributed by atoms with E-state index in [1.807, 2.05) is 13.0 Å². The van der Waals surface area contributed by atoms with Gasteiger partial charge >= 0.3 is 0 Å². The SMILES string of the molecule is C=CCN1C(=O)S/C(=C/c2ccc(OCc3ccc(Cl)c(Cl)c3)c(OCC)c2)C1=O. The minimum absolute atomic E-state index is 0.188. The van der Waals surface area contributed by atoms with Crippen molar-refractivity contribution < 1.29 is 19.1 Å². The zero-order valence-corrected chi connectivity index (χ0v) is 18.5. The number of carbonyl (C=O) groups is 2. The molecule has 0 bridgehead atoms. The van der Waals surface area contributed by atoms with E-state index < -0.39 is 0 Å². The first-order valence-electron chi connectivity index (χ1n) is 9.12. The van der Waals surface area contributed by atoms with Crippen molar-refractivity contribution in [3.8, 4) is 11.5 Å². The third-order valence-corrected chi connectivity index (χ3v) is 5.78. The van der Waals surface area contributed by atoms with Crippen LogP contribution in [-0.4, -0.2) is 29.2 Å². The van der Waals surface area contributed by atoms with Gasteiger partial charge in [0.1, 0.15) is 6.61 Å². The quantitative estimate of drug-likeness (QED) is 0.344. The van der Waals surface area contributed by atoms with E-state index in [1.54, 1.807) is 36.4 Å². The molecule has 0 unspecified atom stereocenters. The van der Waals surface area contributed by atoms with Crippen molar-refractivity contribution in [2.75, 3.05) is 13.2 Å². The summed E-state index contributed by atoms with van der Waals surface area (Å²) in [6.07, 6.45) is 3.19. The summed E-state index contributed by atoms with van der Waals surface area (Å²) < 4.78 is 11.6. The fraction of sp³-hybridized carbons (Fsp3) is 0.182. The molecule has 1 heterocycles. The van der Waals surface area contributed by atoms with E-state index in [2.05, 4.69) is 6.58 Å². The molecule has 0 spiro atoms. The van der Waals surface area contributed by atoms with E-state index in [0.717, 1.165) is 27.8 Å². The summed E-state index contributed by atoms with van der Waals surface area (Å²) in [6, 6.07) is 10.6. The molecule has 1 fully saturated rings. The van der Waals surface area contributed by atoms with Gasteiger partial charge in [0.2, 0.25) is 0 Å². The number of hydrogen-bond acceptors (Lipinski definition) is 5. The first-order chi connectivity index (χ1) is 14.4. The normalized spacial score (nSPS) is 15.0. The van der Waals surface area contributed by atoms with Gasteiger partial charge in [0, 0.05) is 6.54 Å². The Balaban J connectivity index is 1.79. The topological polar surface area (TPSA) is 55.8 Å². The van der Waals surface area contributed by atoms with Crippen LogP contribution in [0.2, 0.25) is 10.0 Å². The maximum Gasteiger partial charge on any atom is 0.293 e. The Bertz CT molecular complexity index is 1020. The second kappa shape index (κ2) is 10.1. The van der Waals surface area contributed by atoms with Gasteiger partial charge in [-0.2, -0.15) is 0 Å². The average molecular weight is 464 g/mol. The van der Waals surface area contributed by atoms with Crippen LogP contribution in [-0.2, 0) is 11.4 Å². The van der Waals surface area contributed by atoms with E-state index >= 15 is 0 Å². The molecule has 0 aromatic heterocycles. The van der Waals surface area contributed by atoms with Crippen LogP contribution in [0.3, 0.4) is 0 Å². The van der Waals surface area contributed by atoms with Crippen LogP contribution in [0.25, 0.3) is 6.08 Å². The Labute approximate surface area is 189 Å². The fourth-order valence-electron chi connectivity index (χ4n) is 2.73. The van der Waals surface area contributed by atoms with Gasteiger partial charge in [0.05, 0.1) is 21.6 Å². The van der Waals surface area contributed by atoms with Crippen molar-refractivity contribution in [1.29, 1.82) is 0 Å². The molecule has 0 saturated carbocycles. The van der Waals surface area contributed by atoms with E-state index in [9.17, 15) is 9.59 Å². The molecule has 156 valence electrons. The lowest BCUT2D eigenvalue weighted by molar-refractivity contribution is -0.122. The first kappa shape index (κ1) is 22.3. The molecule has 1 aliphatic heterocycles. The Morgan fingerprint density at radius 3 is 2.57 bits per heavy atom. The number of nitrogens with zero attached hydrogens (tertiary/aromatic N) is 1. The van der Waals surface area contributed by atoms with E-state index in [4.69, 9.17) is 32.7 Å². The number of hydrogen-bond donors (Lipinski definition) is 0. The molecule has 0 aliphatic carbocycles. The van der Waals surface area contributed by atoms with Gasteiger partial charge in [-0.15, -0.1) is 6.58 Å². The number of imide groups is 1. The summed E-state index contributed by atoms with van der Waals surface area (Å²) in [7, 11) is 0. The van der Waals surface area contributed by atoms with Crippen LogP contribution in [0.4, 0.5) is 4.79 Å². The van der Waals surface area contributed by atoms with E-state index in [1.165, 1.54) is 6.08 Å². The summed E-state index contributed by atoms with van der Waals surface area (Å²) in [6.45, 7) is 6.37. The highest BCUT2D eigenvalue weighted by Gasteiger charge is 2.34. The molecule has 30 heavy (non-hydrogen) atoms. The Morgan fingerprint density at radius 2 is 1.87 bits per heavy atom. The summed E-state index contributed by atoms with van der Waals surface area (Å²) in [4.78, 5) is 25.9. The van der Waals surface area contributed by atoms with Gasteiger partial charge in [-0.25, -0.2) is 0 Å². The Kier molecular flexibility index (Phi) is 7.48. The van der Waals surface area contributed by atoms with Crippen molar-refractivity contribution >= 4 is 52.2 Å². The van der Waals surface area contributed by atoms with Gasteiger partial charge < -0.3 is 9.47 Å². The van der Waals surface area contributed by atoms with Crippen molar-refractivity contribution in [2.45, 2.75) is 13.5 Å². The largest absolute Gasteiger partial charge is 0.490 e. The molecule has 0 radical (unpaired) electrons. The lowest BCUT2D eigenvalue weighted by atomic mass is 10.1. The number of amides is 2. The van der Waals surface area contributed by atoms with Gasteiger partial charge in [0.15, 0.2) is 11.5 Å². The summed E-state index contributed by atoms with van der Waals surface area (Å²) >= 11 is 12.9. The maximum absolute atomic E-state index is 12.4. The summed E-state index contributed by atoms with van der Waals surface area (Å²) in [5, 5.41) is 0.638. The number of benzene rings is 2. The molecular formula is C22H19Cl2NO4S. The molecule has 3 rings (SSSR count). The summed E-state index contributed by atoms with van der Waals surface area (Å²) in [5.74, 6) is 0.763. The molecule has 2 aromatic rings. The molecule has 1 aliphatic rings.